The van der Waals surface area contributed by atoms with Crippen LogP contribution in [-0.2, 0) is 11.3 Å². The van der Waals surface area contributed by atoms with E-state index in [0.29, 0.717) is 6.54 Å². The normalized spacial score (nSPS) is 15.9. The molecule has 1 heterocycles. The molecule has 0 saturated carbocycles. The zero-order chi connectivity index (χ0) is 18.8. The van der Waals surface area contributed by atoms with Gasteiger partial charge in [-0.25, -0.2) is 4.39 Å². The maximum Gasteiger partial charge on any atom is 0.220 e. The number of likely N-dealkylation sites (tertiary alicyclic amines) is 1. The summed E-state index contributed by atoms with van der Waals surface area (Å²) in [7, 11) is 1.73. The molecule has 0 unspecified atom stereocenters. The Morgan fingerprint density at radius 1 is 1.30 bits per heavy atom. The lowest BCUT2D eigenvalue weighted by molar-refractivity contribution is -0.123. The van der Waals surface area contributed by atoms with Gasteiger partial charge in [0.2, 0.25) is 5.91 Å². The van der Waals surface area contributed by atoms with Crippen molar-refractivity contribution >= 4 is 35.8 Å². The molecule has 0 atom stereocenters. The molecule has 2 rings (SSSR count). The number of carbonyl (C=O) groups excluding carboxylic acids is 1. The molecule has 0 bridgehead atoms. The third kappa shape index (κ3) is 8.87. The Bertz CT molecular complexity index is 606. The summed E-state index contributed by atoms with van der Waals surface area (Å²) in [6.45, 7) is 4.32. The molecular weight excluding hydrogens is 460 g/mol. The van der Waals surface area contributed by atoms with Crippen molar-refractivity contribution in [1.82, 2.24) is 15.5 Å². The fraction of sp³-hybridized carbons (Fsp3) is 0.579. The molecule has 6 nitrogen and oxygen atoms in total. The number of rotatable bonds is 8. The predicted molar refractivity (Wildman–Crippen MR) is 118 cm³/mol. The Kier molecular flexibility index (Phi) is 11.3. The van der Waals surface area contributed by atoms with Crippen LogP contribution < -0.4 is 16.4 Å². The minimum absolute atomic E-state index is 0. The van der Waals surface area contributed by atoms with Gasteiger partial charge in [-0.2, -0.15) is 0 Å². The van der Waals surface area contributed by atoms with Crippen molar-refractivity contribution in [2.75, 3.05) is 33.2 Å². The number of nitrogens with two attached hydrogens (primary N) is 1. The van der Waals surface area contributed by atoms with Crippen LogP contribution in [0.3, 0.4) is 0 Å². The van der Waals surface area contributed by atoms with E-state index in [1.54, 1.807) is 13.1 Å². The molecule has 0 radical (unpaired) electrons. The quantitative estimate of drug-likeness (QED) is 0.225. The molecule has 1 aliphatic heterocycles. The summed E-state index contributed by atoms with van der Waals surface area (Å²) in [5.41, 5.74) is 6.24. The molecule has 0 aromatic heterocycles. The van der Waals surface area contributed by atoms with Crippen LogP contribution in [0.4, 0.5) is 4.39 Å². The van der Waals surface area contributed by atoms with E-state index in [2.05, 4.69) is 20.5 Å². The highest BCUT2D eigenvalue weighted by atomic mass is 127. The zero-order valence-electron chi connectivity index (χ0n) is 15.9. The Labute approximate surface area is 178 Å². The van der Waals surface area contributed by atoms with E-state index in [1.807, 2.05) is 6.07 Å². The fourth-order valence-corrected chi connectivity index (χ4v) is 3.16. The molecular formula is C19H31FIN5O. The number of carbonyl (C=O) groups is 1. The second-order valence-electron chi connectivity index (χ2n) is 6.71. The van der Waals surface area contributed by atoms with Gasteiger partial charge in [-0.05, 0) is 63.0 Å². The summed E-state index contributed by atoms with van der Waals surface area (Å²) in [6, 6.07) is 6.54. The van der Waals surface area contributed by atoms with Gasteiger partial charge in [-0.1, -0.05) is 12.1 Å². The molecule has 1 aromatic carbocycles. The zero-order valence-corrected chi connectivity index (χ0v) is 18.2. The van der Waals surface area contributed by atoms with Crippen LogP contribution in [0.15, 0.2) is 29.3 Å². The standard InChI is InChI=1S/C19H30FN5O.HI/c1-22-19(24-14-15-5-4-6-17(20)13-15)23-9-2-3-10-25-11-7-16(8-12-25)18(21)26;/h4-6,13,16H,2-3,7-12,14H2,1H3,(H2,21,26)(H2,22,23,24);1H. The number of hydrogen-bond acceptors (Lipinski definition) is 3. The number of hydrogen-bond donors (Lipinski definition) is 3. The Morgan fingerprint density at radius 2 is 2.04 bits per heavy atom. The molecule has 1 amide bonds. The summed E-state index contributed by atoms with van der Waals surface area (Å²) in [5, 5.41) is 6.47. The van der Waals surface area contributed by atoms with Crippen molar-refractivity contribution < 1.29 is 9.18 Å². The highest BCUT2D eigenvalue weighted by molar-refractivity contribution is 14.0. The fourth-order valence-electron chi connectivity index (χ4n) is 3.16. The van der Waals surface area contributed by atoms with E-state index in [0.717, 1.165) is 63.4 Å². The average Bonchev–Trinajstić information content (AvgIpc) is 2.64. The van der Waals surface area contributed by atoms with Gasteiger partial charge in [0.25, 0.3) is 0 Å². The highest BCUT2D eigenvalue weighted by Crippen LogP contribution is 2.16. The molecule has 27 heavy (non-hydrogen) atoms. The van der Waals surface area contributed by atoms with Gasteiger partial charge in [0, 0.05) is 26.1 Å². The largest absolute Gasteiger partial charge is 0.369 e. The third-order valence-electron chi connectivity index (χ3n) is 4.76. The van der Waals surface area contributed by atoms with Crippen LogP contribution in [0.1, 0.15) is 31.2 Å². The molecule has 8 heteroatoms. The van der Waals surface area contributed by atoms with E-state index < -0.39 is 0 Å². The lowest BCUT2D eigenvalue weighted by atomic mass is 9.96. The van der Waals surface area contributed by atoms with Gasteiger partial charge in [-0.15, -0.1) is 24.0 Å². The lowest BCUT2D eigenvalue weighted by Gasteiger charge is -2.30. The minimum atomic E-state index is -0.230. The van der Waals surface area contributed by atoms with Crippen LogP contribution in [0, 0.1) is 11.7 Å². The van der Waals surface area contributed by atoms with Crippen molar-refractivity contribution in [3.8, 4) is 0 Å². The molecule has 1 aromatic rings. The van der Waals surface area contributed by atoms with Crippen LogP contribution >= 0.6 is 24.0 Å². The average molecular weight is 491 g/mol. The first-order valence-corrected chi connectivity index (χ1v) is 9.29. The second kappa shape index (κ2) is 12.9. The molecule has 4 N–H and O–H groups in total. The van der Waals surface area contributed by atoms with E-state index in [9.17, 15) is 9.18 Å². The number of guanidine groups is 1. The monoisotopic (exact) mass is 491 g/mol. The topological polar surface area (TPSA) is 82.8 Å². The smallest absolute Gasteiger partial charge is 0.220 e. The van der Waals surface area contributed by atoms with Crippen molar-refractivity contribution in [2.24, 2.45) is 16.6 Å². The molecule has 1 fully saturated rings. The van der Waals surface area contributed by atoms with Crippen LogP contribution in [0.25, 0.3) is 0 Å². The Hall–Kier alpha value is -1.42. The first-order chi connectivity index (χ1) is 12.6. The van der Waals surface area contributed by atoms with E-state index >= 15 is 0 Å². The number of halogens is 2. The van der Waals surface area contributed by atoms with Gasteiger partial charge >= 0.3 is 0 Å². The Balaban J connectivity index is 0.00000364. The van der Waals surface area contributed by atoms with Gasteiger partial charge in [0.1, 0.15) is 5.82 Å². The Morgan fingerprint density at radius 3 is 2.67 bits per heavy atom. The number of benzene rings is 1. The molecule has 0 aliphatic carbocycles. The predicted octanol–water partition coefficient (Wildman–Crippen LogP) is 2.09. The summed E-state index contributed by atoms with van der Waals surface area (Å²) < 4.78 is 13.2. The van der Waals surface area contributed by atoms with Crippen LogP contribution in [-0.4, -0.2) is 50.0 Å². The van der Waals surface area contributed by atoms with Crippen molar-refractivity contribution in [3.63, 3.8) is 0 Å². The van der Waals surface area contributed by atoms with Crippen molar-refractivity contribution in [1.29, 1.82) is 0 Å². The highest BCUT2D eigenvalue weighted by Gasteiger charge is 2.22. The van der Waals surface area contributed by atoms with Crippen molar-refractivity contribution in [3.05, 3.63) is 35.6 Å². The minimum Gasteiger partial charge on any atom is -0.369 e. The number of aliphatic imine (C=N–C) groups is 1. The molecule has 152 valence electrons. The number of amides is 1. The summed E-state index contributed by atoms with van der Waals surface area (Å²) >= 11 is 0. The van der Waals surface area contributed by atoms with Gasteiger partial charge in [0.05, 0.1) is 0 Å². The lowest BCUT2D eigenvalue weighted by Crippen LogP contribution is -2.39. The number of unbranched alkanes of at least 4 members (excludes halogenated alkanes) is 1. The summed E-state index contributed by atoms with van der Waals surface area (Å²) in [6.07, 6.45) is 3.89. The van der Waals surface area contributed by atoms with Crippen molar-refractivity contribution in [2.45, 2.75) is 32.2 Å². The maximum absolute atomic E-state index is 13.2. The number of primary amides is 1. The number of nitrogens with one attached hydrogen (secondary N) is 2. The summed E-state index contributed by atoms with van der Waals surface area (Å²) in [4.78, 5) is 17.8. The van der Waals surface area contributed by atoms with Gasteiger partial charge in [-0.3, -0.25) is 9.79 Å². The molecule has 1 aliphatic rings. The molecule has 0 spiro atoms. The van der Waals surface area contributed by atoms with Gasteiger partial charge < -0.3 is 21.3 Å². The molecule has 1 saturated heterocycles. The third-order valence-corrected chi connectivity index (χ3v) is 4.76. The first-order valence-electron chi connectivity index (χ1n) is 9.29. The second-order valence-corrected chi connectivity index (χ2v) is 6.71. The van der Waals surface area contributed by atoms with E-state index in [1.165, 1.54) is 12.1 Å². The van der Waals surface area contributed by atoms with Crippen LogP contribution in [0.2, 0.25) is 0 Å². The number of piperidine rings is 1. The van der Waals surface area contributed by atoms with Gasteiger partial charge in [0.15, 0.2) is 5.96 Å². The SMILES string of the molecule is CN=C(NCCCCN1CCC(C(N)=O)CC1)NCc1cccc(F)c1.I. The van der Waals surface area contributed by atoms with E-state index in [4.69, 9.17) is 5.73 Å². The summed E-state index contributed by atoms with van der Waals surface area (Å²) in [5.74, 6) is 0.384. The maximum atomic E-state index is 13.2. The van der Waals surface area contributed by atoms with Crippen LogP contribution in [0.5, 0.6) is 0 Å². The van der Waals surface area contributed by atoms with E-state index in [-0.39, 0.29) is 41.6 Å². The first kappa shape index (κ1) is 23.6. The number of nitrogens with zero attached hydrogens (tertiary/aromatic N) is 2.